The van der Waals surface area contributed by atoms with E-state index in [9.17, 15) is 0 Å². The van der Waals surface area contributed by atoms with E-state index in [-0.39, 0.29) is 0 Å². The normalized spacial score (nSPS) is 21.8. The van der Waals surface area contributed by atoms with Crippen LogP contribution in [0.3, 0.4) is 0 Å². The maximum absolute atomic E-state index is 4.31. The smallest absolute Gasteiger partial charge is 0.0897 e. The van der Waals surface area contributed by atoms with Gasteiger partial charge in [0.2, 0.25) is 0 Å². The zero-order valence-electron chi connectivity index (χ0n) is 9.84. The Balaban J connectivity index is 2.00. The van der Waals surface area contributed by atoms with Crippen molar-refractivity contribution in [2.24, 2.45) is 0 Å². The summed E-state index contributed by atoms with van der Waals surface area (Å²) in [6, 6.07) is 0.444. The van der Waals surface area contributed by atoms with Gasteiger partial charge in [0.25, 0.3) is 0 Å². The molecule has 0 amide bonds. The van der Waals surface area contributed by atoms with Crippen LogP contribution in [-0.4, -0.2) is 10.5 Å². The molecule has 84 valence electrons. The second-order valence-corrected chi connectivity index (χ2v) is 6.18. The summed E-state index contributed by atoms with van der Waals surface area (Å²) in [5.41, 5.74) is 0.358. The molecule has 2 nitrogen and oxygen atoms in total. The molecule has 3 heteroatoms. The van der Waals surface area contributed by atoms with Crippen LogP contribution in [0.4, 0.5) is 0 Å². The number of thiazole rings is 1. The van der Waals surface area contributed by atoms with E-state index in [1.165, 1.54) is 30.6 Å². The molecule has 1 saturated carbocycles. The molecule has 15 heavy (non-hydrogen) atoms. The Hall–Kier alpha value is -0.410. The van der Waals surface area contributed by atoms with Gasteiger partial charge in [-0.1, -0.05) is 12.8 Å². The molecule has 0 saturated heterocycles. The van der Waals surface area contributed by atoms with E-state index in [1.807, 2.05) is 6.20 Å². The summed E-state index contributed by atoms with van der Waals surface area (Å²) in [5, 5.41) is 4.92. The highest BCUT2D eigenvalue weighted by Gasteiger charge is 2.30. The molecule has 1 atom stereocenters. The molecule has 1 heterocycles. The number of nitrogens with one attached hydrogen (secondary N) is 1. The lowest BCUT2D eigenvalue weighted by Gasteiger charge is -2.29. The van der Waals surface area contributed by atoms with Gasteiger partial charge in [-0.05, 0) is 33.6 Å². The first kappa shape index (κ1) is 11.1. The van der Waals surface area contributed by atoms with Crippen LogP contribution in [0.1, 0.15) is 55.5 Å². The molecule has 0 radical (unpaired) electrons. The van der Waals surface area contributed by atoms with Crippen molar-refractivity contribution in [1.82, 2.24) is 10.3 Å². The average Bonchev–Trinajstić information content (AvgIpc) is 2.75. The minimum absolute atomic E-state index is 0.358. The predicted molar refractivity (Wildman–Crippen MR) is 65.3 cm³/mol. The molecule has 1 N–H and O–H groups in total. The lowest BCUT2D eigenvalue weighted by Crippen LogP contribution is -2.40. The van der Waals surface area contributed by atoms with Crippen molar-refractivity contribution in [2.45, 2.75) is 58.0 Å². The van der Waals surface area contributed by atoms with Crippen LogP contribution in [-0.2, 0) is 0 Å². The fourth-order valence-corrected chi connectivity index (χ4v) is 3.26. The van der Waals surface area contributed by atoms with E-state index in [0.717, 1.165) is 5.01 Å². The fourth-order valence-electron chi connectivity index (χ4n) is 2.47. The maximum atomic E-state index is 4.31. The number of hydrogen-bond acceptors (Lipinski definition) is 3. The quantitative estimate of drug-likeness (QED) is 0.850. The Morgan fingerprint density at radius 2 is 2.13 bits per heavy atom. The lowest BCUT2D eigenvalue weighted by molar-refractivity contribution is 0.329. The summed E-state index contributed by atoms with van der Waals surface area (Å²) < 4.78 is 0. The molecule has 1 aliphatic carbocycles. The fraction of sp³-hybridized carbons (Fsp3) is 0.750. The third-order valence-electron chi connectivity index (χ3n) is 3.34. The van der Waals surface area contributed by atoms with Crippen molar-refractivity contribution in [3.8, 4) is 0 Å². The van der Waals surface area contributed by atoms with Gasteiger partial charge in [-0.3, -0.25) is 0 Å². The van der Waals surface area contributed by atoms with Gasteiger partial charge in [-0.2, -0.15) is 0 Å². The Labute approximate surface area is 96.1 Å². The van der Waals surface area contributed by atoms with Gasteiger partial charge in [0.1, 0.15) is 0 Å². The first-order chi connectivity index (χ1) is 7.09. The van der Waals surface area contributed by atoms with Crippen LogP contribution in [0, 0.1) is 6.92 Å². The lowest BCUT2D eigenvalue weighted by atomic mass is 9.99. The highest BCUT2D eigenvalue weighted by Crippen LogP contribution is 2.32. The first-order valence-corrected chi connectivity index (χ1v) is 6.61. The third kappa shape index (κ3) is 2.58. The van der Waals surface area contributed by atoms with Gasteiger partial charge in [-0.15, -0.1) is 11.3 Å². The predicted octanol–water partition coefficient (Wildman–Crippen LogP) is 3.43. The van der Waals surface area contributed by atoms with Gasteiger partial charge in [0, 0.05) is 22.7 Å². The van der Waals surface area contributed by atoms with Crippen molar-refractivity contribution in [1.29, 1.82) is 0 Å². The molecule has 1 fully saturated rings. The second kappa shape index (κ2) is 4.22. The number of hydrogen-bond donors (Lipinski definition) is 1. The Morgan fingerprint density at radius 1 is 1.47 bits per heavy atom. The van der Waals surface area contributed by atoms with Crippen molar-refractivity contribution in [3.05, 3.63) is 16.1 Å². The Kier molecular flexibility index (Phi) is 3.12. The topological polar surface area (TPSA) is 24.9 Å². The van der Waals surface area contributed by atoms with Gasteiger partial charge in [-0.25, -0.2) is 4.98 Å². The van der Waals surface area contributed by atoms with E-state index in [0.29, 0.717) is 11.6 Å². The zero-order valence-corrected chi connectivity index (χ0v) is 10.7. The minimum Gasteiger partial charge on any atom is -0.304 e. The van der Waals surface area contributed by atoms with Crippen LogP contribution in [0.15, 0.2) is 6.20 Å². The number of rotatable bonds is 3. The summed E-state index contributed by atoms with van der Waals surface area (Å²) in [5.74, 6) is 0. The first-order valence-electron chi connectivity index (χ1n) is 5.79. The molecule has 1 aromatic rings. The van der Waals surface area contributed by atoms with E-state index in [4.69, 9.17) is 0 Å². The number of nitrogens with zero attached hydrogens (tertiary/aromatic N) is 1. The Bertz CT molecular complexity index is 326. The van der Waals surface area contributed by atoms with Crippen LogP contribution in [0.2, 0.25) is 0 Å². The standard InChI is InChI=1S/C12H20N2S/c1-9(11-8-13-10(2)15-11)14-12(3)6-4-5-7-12/h8-9,14H,4-7H2,1-3H3. The van der Waals surface area contributed by atoms with Crippen LogP contribution in [0.25, 0.3) is 0 Å². The minimum atomic E-state index is 0.358. The highest BCUT2D eigenvalue weighted by molar-refractivity contribution is 7.11. The van der Waals surface area contributed by atoms with Gasteiger partial charge < -0.3 is 5.32 Å². The van der Waals surface area contributed by atoms with Crippen molar-refractivity contribution >= 4 is 11.3 Å². The van der Waals surface area contributed by atoms with Crippen LogP contribution < -0.4 is 5.32 Å². The third-order valence-corrected chi connectivity index (χ3v) is 4.43. The molecule has 0 spiro atoms. The van der Waals surface area contributed by atoms with E-state index in [1.54, 1.807) is 11.3 Å². The maximum Gasteiger partial charge on any atom is 0.0897 e. The molecule has 1 aliphatic rings. The average molecular weight is 224 g/mol. The van der Waals surface area contributed by atoms with E-state index < -0.39 is 0 Å². The molecule has 0 bridgehead atoms. The van der Waals surface area contributed by atoms with E-state index in [2.05, 4.69) is 31.1 Å². The largest absolute Gasteiger partial charge is 0.304 e. The molecule has 2 rings (SSSR count). The molecule has 1 aromatic heterocycles. The van der Waals surface area contributed by atoms with Gasteiger partial charge >= 0.3 is 0 Å². The molecule has 0 aliphatic heterocycles. The summed E-state index contributed by atoms with van der Waals surface area (Å²) in [7, 11) is 0. The highest BCUT2D eigenvalue weighted by atomic mass is 32.1. The second-order valence-electron chi connectivity index (χ2n) is 4.92. The van der Waals surface area contributed by atoms with Crippen molar-refractivity contribution < 1.29 is 0 Å². The SMILES string of the molecule is Cc1ncc(C(C)NC2(C)CCCC2)s1. The van der Waals surface area contributed by atoms with E-state index >= 15 is 0 Å². The number of aromatic nitrogens is 1. The van der Waals surface area contributed by atoms with Gasteiger partial charge in [0.15, 0.2) is 0 Å². The van der Waals surface area contributed by atoms with Crippen LogP contribution in [0.5, 0.6) is 0 Å². The number of aryl methyl sites for hydroxylation is 1. The zero-order chi connectivity index (χ0) is 10.9. The summed E-state index contributed by atoms with van der Waals surface area (Å²) >= 11 is 1.80. The molecule has 1 unspecified atom stereocenters. The molecular weight excluding hydrogens is 204 g/mol. The van der Waals surface area contributed by atoms with Crippen molar-refractivity contribution in [2.75, 3.05) is 0 Å². The molecule has 0 aromatic carbocycles. The van der Waals surface area contributed by atoms with Crippen LogP contribution >= 0.6 is 11.3 Å². The molecular formula is C12H20N2S. The van der Waals surface area contributed by atoms with Gasteiger partial charge in [0.05, 0.1) is 5.01 Å². The monoisotopic (exact) mass is 224 g/mol. The van der Waals surface area contributed by atoms with Crippen molar-refractivity contribution in [3.63, 3.8) is 0 Å². The summed E-state index contributed by atoms with van der Waals surface area (Å²) in [6.07, 6.45) is 7.39. The summed E-state index contributed by atoms with van der Waals surface area (Å²) in [4.78, 5) is 5.68. The summed E-state index contributed by atoms with van der Waals surface area (Å²) in [6.45, 7) is 6.67. The Morgan fingerprint density at radius 3 is 2.67 bits per heavy atom.